The van der Waals surface area contributed by atoms with E-state index in [0.29, 0.717) is 6.42 Å². The third-order valence-electron chi connectivity index (χ3n) is 3.70. The van der Waals surface area contributed by atoms with E-state index in [1.165, 1.54) is 12.1 Å². The van der Waals surface area contributed by atoms with Crippen molar-refractivity contribution in [3.63, 3.8) is 0 Å². The fourth-order valence-corrected chi connectivity index (χ4v) is 2.56. The molecule has 0 amide bonds. The molecular weight excluding hydrogens is 250 g/mol. The van der Waals surface area contributed by atoms with Gasteiger partial charge in [-0.05, 0) is 56.7 Å². The fraction of sp³-hybridized carbons (Fsp3) is 0.600. The summed E-state index contributed by atoms with van der Waals surface area (Å²) in [7, 11) is 0. The number of aliphatic hydroxyl groups is 1. The van der Waals surface area contributed by atoms with Crippen LogP contribution in [-0.2, 0) is 10.3 Å². The van der Waals surface area contributed by atoms with Gasteiger partial charge in [0.05, 0.1) is 11.7 Å². The van der Waals surface area contributed by atoms with Crippen molar-refractivity contribution < 1.29 is 18.6 Å². The molecule has 1 saturated heterocycles. The maximum absolute atomic E-state index is 13.2. The molecule has 0 saturated carbocycles. The Kier molecular flexibility index (Phi) is 4.53. The first-order chi connectivity index (χ1) is 8.97. The van der Waals surface area contributed by atoms with Crippen molar-refractivity contribution in [2.45, 2.75) is 50.7 Å². The summed E-state index contributed by atoms with van der Waals surface area (Å²) in [6.45, 7) is 2.41. The Morgan fingerprint density at radius 3 is 2.58 bits per heavy atom. The van der Waals surface area contributed by atoms with Crippen molar-refractivity contribution in [2.75, 3.05) is 6.61 Å². The summed E-state index contributed by atoms with van der Waals surface area (Å²) in [4.78, 5) is 0. The molecule has 1 aromatic rings. The van der Waals surface area contributed by atoms with Gasteiger partial charge in [0, 0.05) is 12.7 Å². The van der Waals surface area contributed by atoms with Gasteiger partial charge in [0.2, 0.25) is 0 Å². The molecule has 19 heavy (non-hydrogen) atoms. The predicted octanol–water partition coefficient (Wildman–Crippen LogP) is 3.52. The van der Waals surface area contributed by atoms with Crippen molar-refractivity contribution in [3.8, 4) is 0 Å². The molecule has 0 radical (unpaired) electrons. The molecule has 0 bridgehead atoms. The monoisotopic (exact) mass is 270 g/mol. The lowest BCUT2D eigenvalue weighted by Gasteiger charge is -2.24. The average Bonchev–Trinajstić information content (AvgIpc) is 2.80. The van der Waals surface area contributed by atoms with E-state index in [0.717, 1.165) is 38.4 Å². The average molecular weight is 270 g/mol. The normalized spacial score (nSPS) is 22.4. The van der Waals surface area contributed by atoms with Crippen LogP contribution in [0, 0.1) is 11.6 Å². The maximum atomic E-state index is 13.2. The van der Waals surface area contributed by atoms with Crippen LogP contribution >= 0.6 is 0 Å². The highest BCUT2D eigenvalue weighted by molar-refractivity contribution is 5.23. The summed E-state index contributed by atoms with van der Waals surface area (Å²) in [5.74, 6) is -1.32. The smallest absolute Gasteiger partial charge is 0.126 e. The highest BCUT2D eigenvalue weighted by atomic mass is 19.1. The van der Waals surface area contributed by atoms with Gasteiger partial charge < -0.3 is 9.84 Å². The van der Waals surface area contributed by atoms with Gasteiger partial charge in [0.1, 0.15) is 11.6 Å². The number of hydrogen-bond donors (Lipinski definition) is 1. The third-order valence-corrected chi connectivity index (χ3v) is 3.70. The summed E-state index contributed by atoms with van der Waals surface area (Å²) in [5.41, 5.74) is -0.918. The molecule has 0 spiro atoms. The first-order valence-electron chi connectivity index (χ1n) is 6.78. The van der Waals surface area contributed by atoms with Gasteiger partial charge in [-0.1, -0.05) is 0 Å². The van der Waals surface area contributed by atoms with E-state index in [-0.39, 0.29) is 11.7 Å². The molecule has 1 aliphatic rings. The van der Waals surface area contributed by atoms with Crippen LogP contribution in [0.3, 0.4) is 0 Å². The molecular formula is C15H20F2O2. The van der Waals surface area contributed by atoms with Gasteiger partial charge in [-0.15, -0.1) is 0 Å². The van der Waals surface area contributed by atoms with Crippen LogP contribution in [0.1, 0.15) is 44.6 Å². The molecule has 1 heterocycles. The van der Waals surface area contributed by atoms with Gasteiger partial charge in [0.25, 0.3) is 0 Å². The number of benzene rings is 1. The molecule has 4 heteroatoms. The van der Waals surface area contributed by atoms with Crippen molar-refractivity contribution in [1.29, 1.82) is 0 Å². The van der Waals surface area contributed by atoms with Crippen molar-refractivity contribution in [1.82, 2.24) is 0 Å². The van der Waals surface area contributed by atoms with E-state index in [1.807, 2.05) is 0 Å². The fourth-order valence-electron chi connectivity index (χ4n) is 2.56. The van der Waals surface area contributed by atoms with E-state index in [9.17, 15) is 13.9 Å². The SMILES string of the molecule is CC(O)(CCCC1CCCO1)c1cc(F)cc(F)c1. The standard InChI is InChI=1S/C15H20F2O2/c1-15(18,6-2-4-14-5-3-7-19-14)11-8-12(16)10-13(17)9-11/h8-10,14,18H,2-7H2,1H3. The Hall–Kier alpha value is -1.00. The molecule has 1 N–H and O–H groups in total. The summed E-state index contributed by atoms with van der Waals surface area (Å²) in [6, 6.07) is 3.19. The van der Waals surface area contributed by atoms with Crippen molar-refractivity contribution in [3.05, 3.63) is 35.4 Å². The number of rotatable bonds is 5. The minimum absolute atomic E-state index is 0.278. The lowest BCUT2D eigenvalue weighted by atomic mass is 9.89. The second-order valence-corrected chi connectivity index (χ2v) is 5.46. The molecule has 0 aromatic heterocycles. The Bertz CT molecular complexity index is 406. The Morgan fingerprint density at radius 2 is 2.00 bits per heavy atom. The minimum Gasteiger partial charge on any atom is -0.385 e. The Morgan fingerprint density at radius 1 is 1.32 bits per heavy atom. The first-order valence-corrected chi connectivity index (χ1v) is 6.78. The van der Waals surface area contributed by atoms with Crippen LogP contribution in [0.4, 0.5) is 8.78 Å². The third kappa shape index (κ3) is 3.98. The van der Waals surface area contributed by atoms with Crippen LogP contribution in [0.25, 0.3) is 0 Å². The molecule has 1 aliphatic heterocycles. The lowest BCUT2D eigenvalue weighted by Crippen LogP contribution is -2.22. The molecule has 2 unspecified atom stereocenters. The summed E-state index contributed by atoms with van der Waals surface area (Å²) in [5, 5.41) is 10.3. The van der Waals surface area contributed by atoms with E-state index in [4.69, 9.17) is 4.74 Å². The minimum atomic E-state index is -1.21. The number of halogens is 2. The first kappa shape index (κ1) is 14.4. The van der Waals surface area contributed by atoms with Gasteiger partial charge in [-0.25, -0.2) is 8.78 Å². The van der Waals surface area contributed by atoms with Gasteiger partial charge in [-0.2, -0.15) is 0 Å². The van der Waals surface area contributed by atoms with Crippen LogP contribution in [0.15, 0.2) is 18.2 Å². The molecule has 2 rings (SSSR count). The van der Waals surface area contributed by atoms with Gasteiger partial charge in [-0.3, -0.25) is 0 Å². The molecule has 2 atom stereocenters. The highest BCUT2D eigenvalue weighted by Crippen LogP contribution is 2.29. The second kappa shape index (κ2) is 5.97. The molecule has 1 aromatic carbocycles. The largest absolute Gasteiger partial charge is 0.385 e. The Balaban J connectivity index is 1.92. The van der Waals surface area contributed by atoms with Crippen molar-refractivity contribution in [2.24, 2.45) is 0 Å². The zero-order valence-electron chi connectivity index (χ0n) is 11.2. The van der Waals surface area contributed by atoms with Crippen LogP contribution in [-0.4, -0.2) is 17.8 Å². The van der Waals surface area contributed by atoms with Crippen LogP contribution < -0.4 is 0 Å². The summed E-state index contributed by atoms with van der Waals surface area (Å²) >= 11 is 0. The summed E-state index contributed by atoms with van der Waals surface area (Å²) < 4.78 is 31.8. The van der Waals surface area contributed by atoms with E-state index >= 15 is 0 Å². The molecule has 1 fully saturated rings. The molecule has 106 valence electrons. The molecule has 2 nitrogen and oxygen atoms in total. The lowest BCUT2D eigenvalue weighted by molar-refractivity contribution is 0.0366. The highest BCUT2D eigenvalue weighted by Gasteiger charge is 2.25. The molecule has 0 aliphatic carbocycles. The van der Waals surface area contributed by atoms with Gasteiger partial charge in [0.15, 0.2) is 0 Å². The topological polar surface area (TPSA) is 29.5 Å². The van der Waals surface area contributed by atoms with Gasteiger partial charge >= 0.3 is 0 Å². The van der Waals surface area contributed by atoms with E-state index in [1.54, 1.807) is 6.92 Å². The quantitative estimate of drug-likeness (QED) is 0.887. The zero-order chi connectivity index (χ0) is 13.9. The maximum Gasteiger partial charge on any atom is 0.126 e. The van der Waals surface area contributed by atoms with E-state index in [2.05, 4.69) is 0 Å². The predicted molar refractivity (Wildman–Crippen MR) is 68.8 cm³/mol. The van der Waals surface area contributed by atoms with Crippen LogP contribution in [0.5, 0.6) is 0 Å². The van der Waals surface area contributed by atoms with E-state index < -0.39 is 17.2 Å². The van der Waals surface area contributed by atoms with Crippen LogP contribution in [0.2, 0.25) is 0 Å². The zero-order valence-corrected chi connectivity index (χ0v) is 11.2. The number of ether oxygens (including phenoxy) is 1. The second-order valence-electron chi connectivity index (χ2n) is 5.46. The van der Waals surface area contributed by atoms with Crippen molar-refractivity contribution >= 4 is 0 Å². The Labute approximate surface area is 112 Å². The summed E-state index contributed by atoms with van der Waals surface area (Å²) in [6.07, 6.45) is 4.56. The number of hydrogen-bond acceptors (Lipinski definition) is 2.